The van der Waals surface area contributed by atoms with Crippen LogP contribution in [0.2, 0.25) is 0 Å². The Balaban J connectivity index is 1.92. The van der Waals surface area contributed by atoms with Gasteiger partial charge in [0, 0.05) is 12.0 Å². The molecular formula is C26H29O3. The summed E-state index contributed by atoms with van der Waals surface area (Å²) in [5, 5.41) is 20.5. The van der Waals surface area contributed by atoms with Crippen molar-refractivity contribution in [3.8, 4) is 16.9 Å². The number of hydrogen-bond donors (Lipinski definition) is 2. The monoisotopic (exact) mass is 389 g/mol. The maximum absolute atomic E-state index is 11.0. The van der Waals surface area contributed by atoms with Gasteiger partial charge in [0.15, 0.2) is 0 Å². The van der Waals surface area contributed by atoms with Crippen molar-refractivity contribution in [3.05, 3.63) is 90.0 Å². The molecule has 0 fully saturated rings. The Morgan fingerprint density at radius 3 is 2.34 bits per heavy atom. The van der Waals surface area contributed by atoms with Gasteiger partial charge < -0.3 is 14.9 Å². The van der Waals surface area contributed by atoms with E-state index in [0.717, 1.165) is 28.0 Å². The highest BCUT2D eigenvalue weighted by Gasteiger charge is 2.29. The Morgan fingerprint density at radius 2 is 1.66 bits per heavy atom. The Morgan fingerprint density at radius 1 is 0.931 bits per heavy atom. The number of ether oxygens (including phenoxy) is 1. The third-order valence-electron chi connectivity index (χ3n) is 5.52. The van der Waals surface area contributed by atoms with Crippen LogP contribution in [0.3, 0.4) is 0 Å². The van der Waals surface area contributed by atoms with E-state index in [4.69, 9.17) is 4.74 Å². The topological polar surface area (TPSA) is 49.7 Å². The van der Waals surface area contributed by atoms with Gasteiger partial charge in [0.2, 0.25) is 0 Å². The van der Waals surface area contributed by atoms with E-state index in [0.29, 0.717) is 19.3 Å². The van der Waals surface area contributed by atoms with E-state index >= 15 is 0 Å². The lowest BCUT2D eigenvalue weighted by Crippen LogP contribution is -2.31. The second-order valence-corrected chi connectivity index (χ2v) is 7.45. The Hall–Kier alpha value is -2.62. The molecule has 0 spiro atoms. The van der Waals surface area contributed by atoms with Gasteiger partial charge in [-0.2, -0.15) is 0 Å². The fraction of sp³-hybridized carbons (Fsp3) is 0.308. The third-order valence-corrected chi connectivity index (χ3v) is 5.52. The molecule has 0 amide bonds. The minimum atomic E-state index is -0.815. The van der Waals surface area contributed by atoms with Gasteiger partial charge in [-0.25, -0.2) is 0 Å². The van der Waals surface area contributed by atoms with Crippen molar-refractivity contribution in [1.29, 1.82) is 0 Å². The SMILES string of the molecule is CCC(O)(CC)CC(Oc1cccc(-c2ccccc2)c1)c1[c]ccc(CO)c1. The number of hydrogen-bond acceptors (Lipinski definition) is 3. The smallest absolute Gasteiger partial charge is 0.127 e. The first-order chi connectivity index (χ1) is 14.1. The summed E-state index contributed by atoms with van der Waals surface area (Å²) >= 11 is 0. The van der Waals surface area contributed by atoms with Gasteiger partial charge in [-0.3, -0.25) is 0 Å². The Bertz CT molecular complexity index is 901. The predicted octanol–water partition coefficient (Wildman–Crippen LogP) is 5.71. The molecule has 0 bridgehead atoms. The molecule has 2 N–H and O–H groups in total. The summed E-state index contributed by atoms with van der Waals surface area (Å²) in [6.07, 6.45) is 1.39. The summed E-state index contributed by atoms with van der Waals surface area (Å²) in [5.74, 6) is 0.744. The van der Waals surface area contributed by atoms with Crippen LogP contribution in [0, 0.1) is 6.07 Å². The van der Waals surface area contributed by atoms with Crippen molar-refractivity contribution in [2.75, 3.05) is 0 Å². The van der Waals surface area contributed by atoms with Crippen LogP contribution in [0.25, 0.3) is 11.1 Å². The van der Waals surface area contributed by atoms with Gasteiger partial charge in [-0.05, 0) is 53.8 Å². The molecule has 0 aliphatic heterocycles. The first kappa shape index (κ1) is 21.1. The van der Waals surface area contributed by atoms with Crippen molar-refractivity contribution in [1.82, 2.24) is 0 Å². The summed E-state index contributed by atoms with van der Waals surface area (Å²) in [6, 6.07) is 26.9. The summed E-state index contributed by atoms with van der Waals surface area (Å²) in [5.41, 5.74) is 3.03. The van der Waals surface area contributed by atoms with Crippen molar-refractivity contribution in [2.45, 2.75) is 51.4 Å². The van der Waals surface area contributed by atoms with Crippen LogP contribution in [-0.4, -0.2) is 15.8 Å². The van der Waals surface area contributed by atoms with E-state index < -0.39 is 5.60 Å². The van der Waals surface area contributed by atoms with E-state index in [1.165, 1.54) is 0 Å². The molecule has 3 aromatic rings. The maximum atomic E-state index is 11.0. The molecule has 1 atom stereocenters. The van der Waals surface area contributed by atoms with Crippen molar-refractivity contribution in [2.24, 2.45) is 0 Å². The predicted molar refractivity (Wildman–Crippen MR) is 117 cm³/mol. The average Bonchev–Trinajstić information content (AvgIpc) is 2.79. The second kappa shape index (κ2) is 9.73. The van der Waals surface area contributed by atoms with Crippen molar-refractivity contribution >= 4 is 0 Å². The molecule has 0 saturated carbocycles. The molecule has 151 valence electrons. The minimum Gasteiger partial charge on any atom is -0.486 e. The first-order valence-corrected chi connectivity index (χ1v) is 10.2. The molecule has 0 aliphatic rings. The molecule has 0 aromatic heterocycles. The highest BCUT2D eigenvalue weighted by Crippen LogP contribution is 2.34. The number of aliphatic hydroxyl groups excluding tert-OH is 1. The zero-order chi connectivity index (χ0) is 20.7. The van der Waals surface area contributed by atoms with Crippen molar-refractivity contribution < 1.29 is 14.9 Å². The highest BCUT2D eigenvalue weighted by atomic mass is 16.5. The lowest BCUT2D eigenvalue weighted by molar-refractivity contribution is -0.0112. The van der Waals surface area contributed by atoms with Crippen LogP contribution in [0.4, 0.5) is 0 Å². The molecule has 0 aliphatic carbocycles. The average molecular weight is 390 g/mol. The van der Waals surface area contributed by atoms with Crippen LogP contribution in [-0.2, 0) is 6.61 Å². The normalized spacial score (nSPS) is 12.6. The molecule has 29 heavy (non-hydrogen) atoms. The van der Waals surface area contributed by atoms with Crippen molar-refractivity contribution in [3.63, 3.8) is 0 Å². The molecule has 3 rings (SSSR count). The lowest BCUT2D eigenvalue weighted by atomic mass is 9.88. The van der Waals surface area contributed by atoms with Gasteiger partial charge in [0.05, 0.1) is 12.2 Å². The summed E-state index contributed by atoms with van der Waals surface area (Å²) in [6.45, 7) is 3.94. The van der Waals surface area contributed by atoms with E-state index in [-0.39, 0.29) is 12.7 Å². The molecular weight excluding hydrogens is 360 g/mol. The number of rotatable bonds is 9. The highest BCUT2D eigenvalue weighted by molar-refractivity contribution is 5.64. The molecule has 3 heteroatoms. The molecule has 0 saturated heterocycles. The maximum Gasteiger partial charge on any atom is 0.127 e. The molecule has 3 nitrogen and oxygen atoms in total. The fourth-order valence-electron chi connectivity index (χ4n) is 3.46. The van der Waals surface area contributed by atoms with E-state index in [9.17, 15) is 10.2 Å². The fourth-order valence-corrected chi connectivity index (χ4v) is 3.46. The first-order valence-electron chi connectivity index (χ1n) is 10.2. The molecule has 0 heterocycles. The summed E-state index contributed by atoms with van der Waals surface area (Å²) < 4.78 is 6.39. The van der Waals surface area contributed by atoms with Crippen LogP contribution < -0.4 is 4.74 Å². The Kier molecular flexibility index (Phi) is 7.08. The van der Waals surface area contributed by atoms with E-state index in [1.807, 2.05) is 62.4 Å². The largest absolute Gasteiger partial charge is 0.486 e. The summed E-state index contributed by atoms with van der Waals surface area (Å²) in [4.78, 5) is 0. The van der Waals surface area contributed by atoms with Gasteiger partial charge >= 0.3 is 0 Å². The third kappa shape index (κ3) is 5.47. The minimum absolute atomic E-state index is 0.0380. The summed E-state index contributed by atoms with van der Waals surface area (Å²) in [7, 11) is 0. The van der Waals surface area contributed by atoms with Crippen LogP contribution >= 0.6 is 0 Å². The van der Waals surface area contributed by atoms with Crippen LogP contribution in [0.15, 0.2) is 72.8 Å². The molecule has 1 radical (unpaired) electrons. The zero-order valence-electron chi connectivity index (χ0n) is 17.1. The zero-order valence-corrected chi connectivity index (χ0v) is 17.1. The number of benzene rings is 3. The quantitative estimate of drug-likeness (QED) is 0.493. The number of aliphatic hydroxyl groups is 2. The van der Waals surface area contributed by atoms with E-state index in [1.54, 1.807) is 6.07 Å². The molecule has 3 aromatic carbocycles. The van der Waals surface area contributed by atoms with Gasteiger partial charge in [0.25, 0.3) is 0 Å². The van der Waals surface area contributed by atoms with E-state index in [2.05, 4.69) is 24.3 Å². The standard InChI is InChI=1S/C26H29O3/c1-3-26(28,4-2)18-25(23-14-8-10-20(16-23)19-27)29-24-15-9-13-22(17-24)21-11-6-5-7-12-21/h5-13,15-17,25,27-28H,3-4,18-19H2,1-2H3. The molecule has 1 unspecified atom stereocenters. The van der Waals surface area contributed by atoms with Crippen LogP contribution in [0.5, 0.6) is 5.75 Å². The van der Waals surface area contributed by atoms with Gasteiger partial charge in [-0.1, -0.05) is 68.4 Å². The van der Waals surface area contributed by atoms with Gasteiger partial charge in [0.1, 0.15) is 11.9 Å². The Labute approximate surface area is 173 Å². The second-order valence-electron chi connectivity index (χ2n) is 7.45. The lowest BCUT2D eigenvalue weighted by Gasteiger charge is -2.31. The van der Waals surface area contributed by atoms with Gasteiger partial charge in [-0.15, -0.1) is 0 Å². The van der Waals surface area contributed by atoms with Crippen LogP contribution in [0.1, 0.15) is 50.3 Å².